The summed E-state index contributed by atoms with van der Waals surface area (Å²) < 4.78 is 57.4. The minimum absolute atomic E-state index is 0.328. The third kappa shape index (κ3) is 4.50. The van der Waals surface area contributed by atoms with Gasteiger partial charge in [-0.15, -0.1) is 0 Å². The molecule has 1 saturated carbocycles. The average molecular weight is 533 g/mol. The fourth-order valence-corrected chi connectivity index (χ4v) is 8.18. The van der Waals surface area contributed by atoms with Gasteiger partial charge in [0.05, 0.1) is 23.7 Å². The Labute approximate surface area is 217 Å². The number of benzene rings is 1. The van der Waals surface area contributed by atoms with Gasteiger partial charge in [-0.2, -0.15) is 0 Å². The third-order valence-corrected chi connectivity index (χ3v) is 9.85. The number of allylic oxidation sites excluding steroid dienone is 1. The molecular weight excluding hydrogens is 501 g/mol. The highest BCUT2D eigenvalue weighted by atomic mass is 32.2. The van der Waals surface area contributed by atoms with Gasteiger partial charge in [0.25, 0.3) is 5.92 Å². The first-order chi connectivity index (χ1) is 17.3. The predicted molar refractivity (Wildman–Crippen MR) is 139 cm³/mol. The first-order valence-electron chi connectivity index (χ1n) is 12.4. The summed E-state index contributed by atoms with van der Waals surface area (Å²) in [7, 11) is -0.912. The molecule has 2 aliphatic heterocycles. The number of ether oxygens (including phenoxy) is 2. The van der Waals surface area contributed by atoms with Crippen molar-refractivity contribution < 1.29 is 27.4 Å². The molecule has 1 spiro atoms. The molecule has 1 unspecified atom stereocenters. The van der Waals surface area contributed by atoms with Crippen LogP contribution in [0.4, 0.5) is 18.0 Å². The normalized spacial score (nSPS) is 32.3. The number of hydrogen-bond acceptors (Lipinski definition) is 4. The Morgan fingerprint density at radius 3 is 2.57 bits per heavy atom. The molecular formula is C28H31F3N2O3S. The molecule has 0 N–H and O–H groups in total. The zero-order valence-electron chi connectivity index (χ0n) is 21.5. The number of rotatable bonds is 3. The summed E-state index contributed by atoms with van der Waals surface area (Å²) in [6, 6.07) is 9.50. The minimum Gasteiger partial charge on any atom is -0.443 e. The monoisotopic (exact) mass is 532 g/mol. The Morgan fingerprint density at radius 1 is 1.22 bits per heavy atom. The molecule has 37 heavy (non-hydrogen) atoms. The molecule has 1 aromatic carbocycles. The van der Waals surface area contributed by atoms with Crippen LogP contribution in [0.1, 0.15) is 46.7 Å². The molecule has 5 rings (SSSR count). The SMILES string of the molecule is C[C@@H]1[C@H]2[C@@H](/C=C/c3ccc(-c4cccc(F)c4)cn3)[C@H](C)C(F)(F)C[C@]23OC=S3N1C(=O)OC(C)(C)C. The van der Waals surface area contributed by atoms with Gasteiger partial charge in [0, 0.05) is 23.6 Å². The summed E-state index contributed by atoms with van der Waals surface area (Å²) in [5.41, 5.74) is 2.88. The lowest BCUT2D eigenvalue weighted by Gasteiger charge is -2.51. The van der Waals surface area contributed by atoms with Gasteiger partial charge < -0.3 is 9.47 Å². The fraction of sp³-hybridized carbons (Fsp3) is 0.464. The Bertz CT molecular complexity index is 1270. The smallest absolute Gasteiger partial charge is 0.420 e. The molecule has 2 fully saturated rings. The van der Waals surface area contributed by atoms with Crippen molar-refractivity contribution in [2.75, 3.05) is 0 Å². The van der Waals surface area contributed by atoms with Gasteiger partial charge in [-0.3, -0.25) is 4.98 Å². The van der Waals surface area contributed by atoms with Crippen LogP contribution in [-0.4, -0.2) is 43.4 Å². The van der Waals surface area contributed by atoms with Crippen molar-refractivity contribution in [3.8, 4) is 11.1 Å². The maximum absolute atomic E-state index is 15.4. The van der Waals surface area contributed by atoms with E-state index in [0.717, 1.165) is 5.56 Å². The molecule has 0 bridgehead atoms. The van der Waals surface area contributed by atoms with Crippen LogP contribution >= 0.6 is 10.7 Å². The van der Waals surface area contributed by atoms with Crippen LogP contribution < -0.4 is 0 Å². The molecule has 5 nitrogen and oxygen atoms in total. The number of halogens is 3. The number of alkyl halides is 2. The first kappa shape index (κ1) is 26.0. The standard InChI is InChI=1S/C28H31F3N2O3S/c1-17-23(12-11-22-10-9-20(14-32-22)19-7-6-8-21(29)13-19)24-18(2)33(25(34)36-26(3,4)5)37-16-35-28(24,37)15-27(17,30)31/h6-14,16-18,23-24H,15H2,1-5H3/b12-11+/t17-,18+,23-,24-,28+,37?/m0/s1. The van der Waals surface area contributed by atoms with Gasteiger partial charge in [0.2, 0.25) is 0 Å². The quantitative estimate of drug-likeness (QED) is 0.395. The van der Waals surface area contributed by atoms with Crippen LogP contribution in [0.2, 0.25) is 0 Å². The number of aromatic nitrogens is 1. The summed E-state index contributed by atoms with van der Waals surface area (Å²) in [6.45, 7) is 8.81. The van der Waals surface area contributed by atoms with Crippen LogP contribution in [0.3, 0.4) is 0 Å². The minimum atomic E-state index is -2.97. The van der Waals surface area contributed by atoms with Crippen LogP contribution in [0.15, 0.2) is 48.7 Å². The molecule has 1 saturated heterocycles. The van der Waals surface area contributed by atoms with E-state index in [1.807, 2.05) is 13.0 Å². The van der Waals surface area contributed by atoms with E-state index in [2.05, 4.69) is 4.98 Å². The highest BCUT2D eigenvalue weighted by molar-refractivity contribution is 8.15. The molecule has 198 valence electrons. The van der Waals surface area contributed by atoms with E-state index in [9.17, 15) is 9.18 Å². The van der Waals surface area contributed by atoms with Gasteiger partial charge in [-0.05, 0) is 74.1 Å². The van der Waals surface area contributed by atoms with E-state index in [-0.39, 0.29) is 17.8 Å². The van der Waals surface area contributed by atoms with E-state index in [1.54, 1.807) is 68.5 Å². The molecule has 2 aromatic rings. The number of carbonyl (C=O) groups excluding carboxylic acids is 1. The maximum atomic E-state index is 15.4. The van der Waals surface area contributed by atoms with E-state index in [4.69, 9.17) is 9.47 Å². The molecule has 3 aliphatic rings. The lowest BCUT2D eigenvalue weighted by atomic mass is 9.66. The highest BCUT2D eigenvalue weighted by Crippen LogP contribution is 2.68. The van der Waals surface area contributed by atoms with Crippen LogP contribution in [0.5, 0.6) is 0 Å². The van der Waals surface area contributed by atoms with Gasteiger partial charge in [0.1, 0.15) is 16.4 Å². The largest absolute Gasteiger partial charge is 0.443 e. The van der Waals surface area contributed by atoms with Crippen molar-refractivity contribution in [3.05, 3.63) is 60.2 Å². The Balaban J connectivity index is 1.44. The van der Waals surface area contributed by atoms with E-state index in [1.165, 1.54) is 17.7 Å². The number of amides is 1. The predicted octanol–water partition coefficient (Wildman–Crippen LogP) is 7.12. The Kier molecular flexibility index (Phi) is 6.30. The van der Waals surface area contributed by atoms with Crippen molar-refractivity contribution in [2.24, 2.45) is 17.8 Å². The van der Waals surface area contributed by atoms with E-state index in [0.29, 0.717) is 11.3 Å². The van der Waals surface area contributed by atoms with Gasteiger partial charge in [0.15, 0.2) is 0 Å². The van der Waals surface area contributed by atoms with Crippen molar-refractivity contribution in [3.63, 3.8) is 0 Å². The van der Waals surface area contributed by atoms with Crippen molar-refractivity contribution >= 4 is 28.4 Å². The molecule has 6 atom stereocenters. The zero-order valence-corrected chi connectivity index (χ0v) is 22.3. The Morgan fingerprint density at radius 2 is 1.97 bits per heavy atom. The molecule has 1 aromatic heterocycles. The maximum Gasteiger partial charge on any atom is 0.420 e. The third-order valence-electron chi connectivity index (χ3n) is 7.45. The second-order valence-corrected chi connectivity index (χ2v) is 13.0. The van der Waals surface area contributed by atoms with E-state index >= 15 is 8.78 Å². The number of nitrogens with zero attached hydrogens (tertiary/aromatic N) is 2. The Hall–Kier alpha value is -2.65. The lowest BCUT2D eigenvalue weighted by Crippen LogP contribution is -2.58. The molecule has 3 heterocycles. The van der Waals surface area contributed by atoms with Crippen LogP contribution in [-0.2, 0) is 9.47 Å². The number of pyridine rings is 1. The van der Waals surface area contributed by atoms with Crippen molar-refractivity contribution in [2.45, 2.75) is 63.5 Å². The summed E-state index contributed by atoms with van der Waals surface area (Å²) >= 11 is 0. The van der Waals surface area contributed by atoms with E-state index < -0.39 is 51.5 Å². The second kappa shape index (κ2) is 8.98. The average Bonchev–Trinajstić information content (AvgIpc) is 2.96. The van der Waals surface area contributed by atoms with Crippen molar-refractivity contribution in [1.82, 2.24) is 9.29 Å². The summed E-state index contributed by atoms with van der Waals surface area (Å²) in [5, 5.41) is 0. The van der Waals surface area contributed by atoms with Gasteiger partial charge in [-0.1, -0.05) is 31.2 Å². The number of carbonyl (C=O) groups is 1. The highest BCUT2D eigenvalue weighted by Gasteiger charge is 2.71. The fourth-order valence-electron chi connectivity index (χ4n) is 5.66. The van der Waals surface area contributed by atoms with Crippen LogP contribution in [0.25, 0.3) is 17.2 Å². The van der Waals surface area contributed by atoms with Gasteiger partial charge in [-0.25, -0.2) is 22.3 Å². The molecule has 0 radical (unpaired) electrons. The second-order valence-electron chi connectivity index (χ2n) is 11.1. The lowest BCUT2D eigenvalue weighted by molar-refractivity contribution is -0.161. The zero-order chi connectivity index (χ0) is 26.8. The van der Waals surface area contributed by atoms with Crippen molar-refractivity contribution in [1.29, 1.82) is 0 Å². The van der Waals surface area contributed by atoms with Gasteiger partial charge >= 0.3 is 6.09 Å². The summed E-state index contributed by atoms with van der Waals surface area (Å²) in [6.07, 6.45) is 4.23. The molecule has 9 heteroatoms. The molecule has 1 amide bonds. The van der Waals surface area contributed by atoms with Crippen LogP contribution in [0, 0.1) is 23.6 Å². The summed E-state index contributed by atoms with van der Waals surface area (Å²) in [5.74, 6) is -5.14. The topological polar surface area (TPSA) is 51.7 Å². The number of hydrogen-bond donors (Lipinski definition) is 0. The summed E-state index contributed by atoms with van der Waals surface area (Å²) in [4.78, 5) is 16.4. The molecule has 1 aliphatic carbocycles. The first-order valence-corrected chi connectivity index (χ1v) is 13.6.